The molecule has 6 heteroatoms. The van der Waals surface area contributed by atoms with Gasteiger partial charge >= 0.3 is 6.03 Å². The Morgan fingerprint density at radius 3 is 2.53 bits per heavy atom. The molecule has 0 fully saturated rings. The highest BCUT2D eigenvalue weighted by atomic mass is 16.5. The molecule has 0 aliphatic heterocycles. The monoisotopic (exact) mass is 268 g/mol. The van der Waals surface area contributed by atoms with Gasteiger partial charge in [0.2, 0.25) is 0 Å². The van der Waals surface area contributed by atoms with Gasteiger partial charge in [-0.2, -0.15) is 0 Å². The number of rotatable bonds is 6. The van der Waals surface area contributed by atoms with Crippen LogP contribution in [0, 0.1) is 0 Å². The molecule has 0 saturated carbocycles. The number of methoxy groups -OCH3 is 1. The van der Waals surface area contributed by atoms with Crippen LogP contribution in [0.25, 0.3) is 0 Å². The Bertz CT molecular complexity index is 421. The number of aliphatic hydroxyl groups is 1. The van der Waals surface area contributed by atoms with E-state index in [4.69, 9.17) is 14.6 Å². The van der Waals surface area contributed by atoms with E-state index in [0.29, 0.717) is 11.5 Å². The van der Waals surface area contributed by atoms with E-state index in [9.17, 15) is 4.79 Å². The molecular formula is C13H20N2O4. The number of benzene rings is 1. The molecule has 1 aromatic carbocycles. The molecule has 0 atom stereocenters. The van der Waals surface area contributed by atoms with Gasteiger partial charge in [0.15, 0.2) is 18.2 Å². The van der Waals surface area contributed by atoms with E-state index in [1.807, 2.05) is 12.1 Å². The third kappa shape index (κ3) is 5.05. The number of aliphatic hydroxyl groups excluding tert-OH is 1. The topological polar surface area (TPSA) is 79.8 Å². The summed E-state index contributed by atoms with van der Waals surface area (Å²) in [6.45, 7) is 3.29. The number of nitrogens with one attached hydrogen (secondary N) is 2. The van der Waals surface area contributed by atoms with Gasteiger partial charge in [0.1, 0.15) is 0 Å². The lowest BCUT2D eigenvalue weighted by molar-refractivity contribution is 0.176. The molecule has 3 N–H and O–H groups in total. The first kappa shape index (κ1) is 15.1. The van der Waals surface area contributed by atoms with Gasteiger partial charge < -0.3 is 25.2 Å². The van der Waals surface area contributed by atoms with Crippen LogP contribution >= 0.6 is 0 Å². The summed E-state index contributed by atoms with van der Waals surface area (Å²) in [6.07, 6.45) is 0. The highest BCUT2D eigenvalue weighted by Gasteiger charge is 2.18. The maximum atomic E-state index is 11.5. The fourth-order valence-corrected chi connectivity index (χ4v) is 1.31. The number of amides is 2. The summed E-state index contributed by atoms with van der Waals surface area (Å²) in [5.74, 6) is 1.15. The molecule has 0 heterocycles. The molecule has 19 heavy (non-hydrogen) atoms. The third-order valence-electron chi connectivity index (χ3n) is 2.38. The number of para-hydroxylation sites is 2. The molecule has 0 bridgehead atoms. The van der Waals surface area contributed by atoms with Gasteiger partial charge in [0, 0.05) is 0 Å². The second-order valence-electron chi connectivity index (χ2n) is 4.61. The number of hydrogen-bond donors (Lipinski definition) is 3. The molecule has 106 valence electrons. The average molecular weight is 268 g/mol. The van der Waals surface area contributed by atoms with Crippen LogP contribution in [0.2, 0.25) is 0 Å². The van der Waals surface area contributed by atoms with Gasteiger partial charge in [-0.1, -0.05) is 12.1 Å². The van der Waals surface area contributed by atoms with Crippen LogP contribution in [-0.2, 0) is 0 Å². The Morgan fingerprint density at radius 2 is 1.95 bits per heavy atom. The molecule has 0 aliphatic rings. The first-order valence-electron chi connectivity index (χ1n) is 5.91. The van der Waals surface area contributed by atoms with E-state index in [-0.39, 0.29) is 13.3 Å². The highest BCUT2D eigenvalue weighted by Crippen LogP contribution is 2.25. The van der Waals surface area contributed by atoms with Gasteiger partial charge in [-0.05, 0) is 26.0 Å². The molecule has 0 spiro atoms. The number of ether oxygens (including phenoxy) is 2. The quantitative estimate of drug-likeness (QED) is 0.675. The first-order valence-corrected chi connectivity index (χ1v) is 5.91. The maximum absolute atomic E-state index is 11.5. The van der Waals surface area contributed by atoms with Crippen LogP contribution < -0.4 is 20.1 Å². The minimum absolute atomic E-state index is 0.00765. The molecule has 0 aromatic heterocycles. The molecule has 1 rings (SSSR count). The Labute approximate surface area is 112 Å². The van der Waals surface area contributed by atoms with E-state index in [1.165, 1.54) is 0 Å². The van der Waals surface area contributed by atoms with E-state index >= 15 is 0 Å². The number of carbonyl (C=O) groups excluding carboxylic acids is 1. The second-order valence-corrected chi connectivity index (χ2v) is 4.61. The van der Waals surface area contributed by atoms with Crippen molar-refractivity contribution < 1.29 is 19.4 Å². The van der Waals surface area contributed by atoms with Gasteiger partial charge in [-0.25, -0.2) is 4.79 Å². The van der Waals surface area contributed by atoms with E-state index in [1.54, 1.807) is 33.1 Å². The Balaban J connectivity index is 2.40. The van der Waals surface area contributed by atoms with Gasteiger partial charge in [0.05, 0.1) is 19.3 Å². The fraction of sp³-hybridized carbons (Fsp3) is 0.462. The summed E-state index contributed by atoms with van der Waals surface area (Å²) in [7, 11) is 1.55. The minimum atomic E-state index is -0.672. The van der Waals surface area contributed by atoms with Crippen molar-refractivity contribution in [3.63, 3.8) is 0 Å². The number of hydrogen-bond acceptors (Lipinski definition) is 4. The SMILES string of the molecule is COc1ccccc1OCNC(=O)NC(C)(C)CO. The van der Waals surface area contributed by atoms with Crippen LogP contribution in [0.5, 0.6) is 11.5 Å². The Kier molecular flexibility index (Phi) is 5.44. The van der Waals surface area contributed by atoms with E-state index in [0.717, 1.165) is 0 Å². The normalized spacial score (nSPS) is 10.7. The summed E-state index contributed by atoms with van der Waals surface area (Å²) < 4.78 is 10.5. The zero-order valence-electron chi connectivity index (χ0n) is 11.4. The standard InChI is InChI=1S/C13H20N2O4/c1-13(2,8-16)15-12(17)14-9-19-11-7-5-4-6-10(11)18-3/h4-7,16H,8-9H2,1-3H3,(H2,14,15,17). The molecule has 0 radical (unpaired) electrons. The lowest BCUT2D eigenvalue weighted by Gasteiger charge is -2.23. The summed E-state index contributed by atoms with van der Waals surface area (Å²) >= 11 is 0. The van der Waals surface area contributed by atoms with Gasteiger partial charge in [0.25, 0.3) is 0 Å². The maximum Gasteiger partial charge on any atom is 0.317 e. The van der Waals surface area contributed by atoms with Crippen molar-refractivity contribution in [2.24, 2.45) is 0 Å². The molecular weight excluding hydrogens is 248 g/mol. The second kappa shape index (κ2) is 6.84. The lowest BCUT2D eigenvalue weighted by Crippen LogP contribution is -2.51. The number of carbonyl (C=O) groups is 1. The van der Waals surface area contributed by atoms with Crippen LogP contribution in [0.3, 0.4) is 0 Å². The number of urea groups is 1. The molecule has 1 aromatic rings. The van der Waals surface area contributed by atoms with Crippen molar-refractivity contribution in [1.29, 1.82) is 0 Å². The molecule has 6 nitrogen and oxygen atoms in total. The molecule has 0 saturated heterocycles. The van der Waals surface area contributed by atoms with Crippen molar-refractivity contribution in [2.45, 2.75) is 19.4 Å². The van der Waals surface area contributed by atoms with Crippen LogP contribution in [0.15, 0.2) is 24.3 Å². The third-order valence-corrected chi connectivity index (χ3v) is 2.38. The summed E-state index contributed by atoms with van der Waals surface area (Å²) in [4.78, 5) is 11.5. The van der Waals surface area contributed by atoms with Crippen LogP contribution in [0.4, 0.5) is 4.79 Å². The summed E-state index contributed by atoms with van der Waals surface area (Å²) in [6, 6.07) is 6.75. The smallest absolute Gasteiger partial charge is 0.317 e. The Hall–Kier alpha value is -1.95. The van der Waals surface area contributed by atoms with Crippen molar-refractivity contribution in [3.8, 4) is 11.5 Å². The van der Waals surface area contributed by atoms with Crippen molar-refractivity contribution in [3.05, 3.63) is 24.3 Å². The van der Waals surface area contributed by atoms with E-state index < -0.39 is 11.6 Å². The summed E-state index contributed by atoms with van der Waals surface area (Å²) in [5.41, 5.74) is -0.672. The van der Waals surface area contributed by atoms with Crippen molar-refractivity contribution >= 4 is 6.03 Å². The average Bonchev–Trinajstić information content (AvgIpc) is 2.38. The molecule has 0 aliphatic carbocycles. The zero-order valence-corrected chi connectivity index (χ0v) is 11.4. The lowest BCUT2D eigenvalue weighted by atomic mass is 10.1. The minimum Gasteiger partial charge on any atom is -0.493 e. The van der Waals surface area contributed by atoms with Gasteiger partial charge in [-0.3, -0.25) is 0 Å². The van der Waals surface area contributed by atoms with Gasteiger partial charge in [-0.15, -0.1) is 0 Å². The fourth-order valence-electron chi connectivity index (χ4n) is 1.31. The van der Waals surface area contributed by atoms with Crippen molar-refractivity contribution in [1.82, 2.24) is 10.6 Å². The van der Waals surface area contributed by atoms with Crippen LogP contribution in [-0.4, -0.2) is 37.1 Å². The molecule has 2 amide bonds. The predicted octanol–water partition coefficient (Wildman–Crippen LogP) is 1.10. The summed E-state index contributed by atoms with van der Waals surface area (Å²) in [5, 5.41) is 14.2. The largest absolute Gasteiger partial charge is 0.493 e. The highest BCUT2D eigenvalue weighted by molar-refractivity contribution is 5.74. The van der Waals surface area contributed by atoms with E-state index in [2.05, 4.69) is 10.6 Å². The predicted molar refractivity (Wildman–Crippen MR) is 71.3 cm³/mol. The first-order chi connectivity index (χ1) is 8.98. The van der Waals surface area contributed by atoms with Crippen LogP contribution in [0.1, 0.15) is 13.8 Å². The van der Waals surface area contributed by atoms with Crippen molar-refractivity contribution in [2.75, 3.05) is 20.4 Å². The Morgan fingerprint density at radius 1 is 1.32 bits per heavy atom. The molecule has 0 unspecified atom stereocenters. The zero-order chi connectivity index (χ0) is 14.3.